The van der Waals surface area contributed by atoms with E-state index in [1.807, 2.05) is 20.2 Å². The van der Waals surface area contributed by atoms with Crippen LogP contribution in [0.2, 0.25) is 0 Å². The Kier molecular flexibility index (Phi) is 3.74. The van der Waals surface area contributed by atoms with Crippen LogP contribution in [-0.4, -0.2) is 31.5 Å². The summed E-state index contributed by atoms with van der Waals surface area (Å²) in [5.74, 6) is 0.805. The Morgan fingerprint density at radius 3 is 2.77 bits per heavy atom. The third-order valence-corrected chi connectivity index (χ3v) is 3.21. The van der Waals surface area contributed by atoms with Gasteiger partial charge in [-0.15, -0.1) is 16.9 Å². The summed E-state index contributed by atoms with van der Waals surface area (Å²) >= 11 is 1.69. The van der Waals surface area contributed by atoms with Crippen molar-refractivity contribution in [3.63, 3.8) is 0 Å². The molecule has 1 aromatic heterocycles. The number of aliphatic hydroxyl groups is 1. The van der Waals surface area contributed by atoms with Gasteiger partial charge in [0.05, 0.1) is 11.8 Å². The third kappa shape index (κ3) is 3.36. The van der Waals surface area contributed by atoms with Gasteiger partial charge in [-0.1, -0.05) is 12.1 Å². The van der Waals surface area contributed by atoms with Crippen LogP contribution in [-0.2, 0) is 12.8 Å². The Balaban J connectivity index is 2.35. The maximum atomic E-state index is 9.24. The fraction of sp³-hybridized carbons (Fsp3) is 0.750. The van der Waals surface area contributed by atoms with Gasteiger partial charge in [-0.05, 0) is 6.92 Å². The molecule has 0 spiro atoms. The molecule has 0 amide bonds. The summed E-state index contributed by atoms with van der Waals surface area (Å²) in [4.78, 5) is 0. The molecule has 5 heteroatoms. The smallest absolute Gasteiger partial charge is 0.0925 e. The lowest BCUT2D eigenvalue weighted by atomic mass is 10.3. The molecule has 1 aromatic rings. The number of hydrogen-bond acceptors (Lipinski definition) is 4. The molecule has 2 atom stereocenters. The second-order valence-corrected chi connectivity index (χ2v) is 4.51. The minimum absolute atomic E-state index is 0.238. The summed E-state index contributed by atoms with van der Waals surface area (Å²) in [5, 5.41) is 17.3. The lowest BCUT2D eigenvalue weighted by Gasteiger charge is -2.12. The van der Waals surface area contributed by atoms with Gasteiger partial charge in [0.2, 0.25) is 0 Å². The van der Waals surface area contributed by atoms with Crippen LogP contribution in [0.1, 0.15) is 19.5 Å². The first-order chi connectivity index (χ1) is 6.09. The molecule has 0 fully saturated rings. The minimum Gasteiger partial charge on any atom is -0.392 e. The molecule has 0 saturated heterocycles. The van der Waals surface area contributed by atoms with Crippen LogP contribution in [0.15, 0.2) is 6.20 Å². The molecule has 0 aliphatic heterocycles. The SMILES string of the molecule is CC(O)C(C)SCc1cn(C)nn1. The minimum atomic E-state index is -0.276. The van der Waals surface area contributed by atoms with Crippen molar-refractivity contribution in [3.05, 3.63) is 11.9 Å². The second-order valence-electron chi connectivity index (χ2n) is 3.14. The summed E-state index contributed by atoms with van der Waals surface area (Å²) in [5.41, 5.74) is 0.958. The largest absolute Gasteiger partial charge is 0.392 e. The monoisotopic (exact) mass is 201 g/mol. The third-order valence-electron chi connectivity index (χ3n) is 1.82. The van der Waals surface area contributed by atoms with Crippen molar-refractivity contribution in [1.29, 1.82) is 0 Å². The Hall–Kier alpha value is -0.550. The molecule has 0 aromatic carbocycles. The Morgan fingerprint density at radius 1 is 1.62 bits per heavy atom. The number of aromatic nitrogens is 3. The van der Waals surface area contributed by atoms with Crippen LogP contribution >= 0.6 is 11.8 Å². The van der Waals surface area contributed by atoms with Crippen molar-refractivity contribution in [1.82, 2.24) is 15.0 Å². The molecule has 4 nitrogen and oxygen atoms in total. The van der Waals surface area contributed by atoms with Crippen LogP contribution < -0.4 is 0 Å². The van der Waals surface area contributed by atoms with E-state index in [0.717, 1.165) is 11.4 Å². The first kappa shape index (κ1) is 10.5. The standard InChI is InChI=1S/C8H15N3OS/c1-6(12)7(2)13-5-8-4-11(3)10-9-8/h4,6-7,12H,5H2,1-3H3. The first-order valence-electron chi connectivity index (χ1n) is 4.24. The molecule has 1 N–H and O–H groups in total. The van der Waals surface area contributed by atoms with E-state index < -0.39 is 0 Å². The van der Waals surface area contributed by atoms with Crippen LogP contribution in [0.5, 0.6) is 0 Å². The molecule has 13 heavy (non-hydrogen) atoms. The van der Waals surface area contributed by atoms with Gasteiger partial charge in [0.25, 0.3) is 0 Å². The predicted molar refractivity (Wildman–Crippen MR) is 53.4 cm³/mol. The fourth-order valence-corrected chi connectivity index (χ4v) is 1.66. The second kappa shape index (κ2) is 4.62. The molecular formula is C8H15N3OS. The van der Waals surface area contributed by atoms with E-state index in [2.05, 4.69) is 10.3 Å². The van der Waals surface area contributed by atoms with Crippen molar-refractivity contribution < 1.29 is 5.11 Å². The summed E-state index contributed by atoms with van der Waals surface area (Å²) in [6.45, 7) is 3.81. The highest BCUT2D eigenvalue weighted by atomic mass is 32.2. The summed E-state index contributed by atoms with van der Waals surface area (Å²) in [7, 11) is 1.85. The molecule has 0 saturated carbocycles. The lowest BCUT2D eigenvalue weighted by molar-refractivity contribution is 0.196. The first-order valence-corrected chi connectivity index (χ1v) is 5.29. The van der Waals surface area contributed by atoms with Crippen molar-refractivity contribution in [3.8, 4) is 0 Å². The van der Waals surface area contributed by atoms with Crippen LogP contribution in [0.3, 0.4) is 0 Å². The highest BCUT2D eigenvalue weighted by Gasteiger charge is 2.09. The van der Waals surface area contributed by atoms with E-state index in [0.29, 0.717) is 0 Å². The molecule has 0 bridgehead atoms. The lowest BCUT2D eigenvalue weighted by Crippen LogP contribution is -2.15. The van der Waals surface area contributed by atoms with Crippen molar-refractivity contribution in [2.24, 2.45) is 7.05 Å². The number of aliphatic hydroxyl groups excluding tert-OH is 1. The Morgan fingerprint density at radius 2 is 2.31 bits per heavy atom. The normalized spacial score (nSPS) is 15.7. The van der Waals surface area contributed by atoms with Crippen LogP contribution in [0.25, 0.3) is 0 Å². The number of hydrogen-bond donors (Lipinski definition) is 1. The topological polar surface area (TPSA) is 50.9 Å². The molecule has 1 rings (SSSR count). The zero-order valence-corrected chi connectivity index (χ0v) is 8.95. The maximum Gasteiger partial charge on any atom is 0.0925 e. The maximum absolute atomic E-state index is 9.24. The van der Waals surface area contributed by atoms with E-state index in [1.165, 1.54) is 0 Å². The molecule has 74 valence electrons. The molecular weight excluding hydrogens is 186 g/mol. The fourth-order valence-electron chi connectivity index (χ4n) is 0.818. The summed E-state index contributed by atoms with van der Waals surface area (Å²) < 4.78 is 1.68. The molecule has 0 aliphatic carbocycles. The average Bonchev–Trinajstić information content (AvgIpc) is 2.47. The zero-order chi connectivity index (χ0) is 9.84. The summed E-state index contributed by atoms with van der Waals surface area (Å²) in [6, 6.07) is 0. The van der Waals surface area contributed by atoms with E-state index in [4.69, 9.17) is 0 Å². The van der Waals surface area contributed by atoms with Crippen LogP contribution in [0.4, 0.5) is 0 Å². The predicted octanol–water partition coefficient (Wildman–Crippen LogP) is 0.818. The van der Waals surface area contributed by atoms with E-state index in [9.17, 15) is 5.11 Å². The highest BCUT2D eigenvalue weighted by Crippen LogP contribution is 2.18. The Bertz CT molecular complexity index is 262. The van der Waals surface area contributed by atoms with E-state index >= 15 is 0 Å². The number of rotatable bonds is 4. The van der Waals surface area contributed by atoms with Crippen LogP contribution in [0, 0.1) is 0 Å². The molecule has 2 unspecified atom stereocenters. The van der Waals surface area contributed by atoms with Gasteiger partial charge in [0.15, 0.2) is 0 Å². The molecule has 1 heterocycles. The zero-order valence-electron chi connectivity index (χ0n) is 8.14. The summed E-state index contributed by atoms with van der Waals surface area (Å²) in [6.07, 6.45) is 1.61. The van der Waals surface area contributed by atoms with Crippen molar-refractivity contribution in [2.45, 2.75) is 31.0 Å². The van der Waals surface area contributed by atoms with Gasteiger partial charge in [0, 0.05) is 24.2 Å². The number of aryl methyl sites for hydroxylation is 1. The van der Waals surface area contributed by atoms with E-state index in [1.54, 1.807) is 23.4 Å². The van der Waals surface area contributed by atoms with Gasteiger partial charge in [-0.3, -0.25) is 4.68 Å². The van der Waals surface area contributed by atoms with E-state index in [-0.39, 0.29) is 11.4 Å². The van der Waals surface area contributed by atoms with Gasteiger partial charge < -0.3 is 5.11 Å². The number of thioether (sulfide) groups is 1. The Labute approximate surface area is 82.3 Å². The quantitative estimate of drug-likeness (QED) is 0.783. The van der Waals surface area contributed by atoms with Gasteiger partial charge in [-0.25, -0.2) is 0 Å². The number of nitrogens with zero attached hydrogens (tertiary/aromatic N) is 3. The van der Waals surface area contributed by atoms with Gasteiger partial charge in [0.1, 0.15) is 0 Å². The van der Waals surface area contributed by atoms with Crippen molar-refractivity contribution in [2.75, 3.05) is 0 Å². The van der Waals surface area contributed by atoms with Gasteiger partial charge in [-0.2, -0.15) is 0 Å². The molecule has 0 aliphatic rings. The average molecular weight is 201 g/mol. The van der Waals surface area contributed by atoms with Crippen molar-refractivity contribution >= 4 is 11.8 Å². The van der Waals surface area contributed by atoms with Gasteiger partial charge >= 0.3 is 0 Å². The molecule has 0 radical (unpaired) electrons. The highest BCUT2D eigenvalue weighted by molar-refractivity contribution is 7.99.